The molecule has 2 aromatic heterocycles. The van der Waals surface area contributed by atoms with Crippen LogP contribution in [0.25, 0.3) is 0 Å². The molecule has 21 heavy (non-hydrogen) atoms. The van der Waals surface area contributed by atoms with Gasteiger partial charge in [0.1, 0.15) is 0 Å². The zero-order valence-electron chi connectivity index (χ0n) is 12.5. The molecule has 0 saturated heterocycles. The van der Waals surface area contributed by atoms with Gasteiger partial charge in [0.25, 0.3) is 0 Å². The Balaban J connectivity index is 1.72. The highest BCUT2D eigenvalue weighted by molar-refractivity contribution is 5.98. The van der Waals surface area contributed by atoms with Crippen LogP contribution in [0.15, 0.2) is 30.7 Å². The molecule has 110 valence electrons. The van der Waals surface area contributed by atoms with Gasteiger partial charge in [-0.3, -0.25) is 14.5 Å². The van der Waals surface area contributed by atoms with Crippen molar-refractivity contribution in [3.05, 3.63) is 47.5 Å². The number of aryl methyl sites for hydroxylation is 1. The molecule has 0 radical (unpaired) electrons. The van der Waals surface area contributed by atoms with Gasteiger partial charge in [-0.05, 0) is 37.0 Å². The minimum atomic E-state index is 0.130. The second-order valence-corrected chi connectivity index (χ2v) is 5.71. The van der Waals surface area contributed by atoms with E-state index in [0.29, 0.717) is 12.5 Å². The standard InChI is InChI=1S/C17H21N3O/c1-2-13-12-18-9-7-16(13)17(21)11-14-8-10-20(19-14)15-5-3-4-6-15/h7-10,12,15H,2-6,11H2,1H3. The van der Waals surface area contributed by atoms with E-state index in [0.717, 1.165) is 23.2 Å². The zero-order valence-corrected chi connectivity index (χ0v) is 12.5. The first kappa shape index (κ1) is 14.0. The smallest absolute Gasteiger partial charge is 0.169 e. The van der Waals surface area contributed by atoms with E-state index < -0.39 is 0 Å². The number of rotatable bonds is 5. The normalized spacial score (nSPS) is 15.5. The summed E-state index contributed by atoms with van der Waals surface area (Å²) in [6.45, 7) is 2.04. The van der Waals surface area contributed by atoms with Crippen LogP contribution in [0.1, 0.15) is 60.3 Å². The fourth-order valence-electron chi connectivity index (χ4n) is 3.08. The molecule has 0 bridgehead atoms. The lowest BCUT2D eigenvalue weighted by atomic mass is 10.0. The zero-order chi connectivity index (χ0) is 14.7. The molecule has 4 heteroatoms. The van der Waals surface area contributed by atoms with Crippen LogP contribution in [0.3, 0.4) is 0 Å². The van der Waals surface area contributed by atoms with Crippen LogP contribution < -0.4 is 0 Å². The molecular formula is C17H21N3O. The molecule has 1 fully saturated rings. The number of aromatic nitrogens is 3. The first-order valence-electron chi connectivity index (χ1n) is 7.78. The van der Waals surface area contributed by atoms with E-state index in [-0.39, 0.29) is 5.78 Å². The summed E-state index contributed by atoms with van der Waals surface area (Å²) in [6, 6.07) is 4.32. The van der Waals surface area contributed by atoms with E-state index in [2.05, 4.69) is 10.1 Å². The summed E-state index contributed by atoms with van der Waals surface area (Å²) in [6.07, 6.45) is 11.7. The second-order valence-electron chi connectivity index (χ2n) is 5.71. The molecule has 0 aromatic carbocycles. The quantitative estimate of drug-likeness (QED) is 0.790. The molecule has 0 atom stereocenters. The number of carbonyl (C=O) groups excluding carboxylic acids is 1. The molecule has 0 spiro atoms. The van der Waals surface area contributed by atoms with Crippen molar-refractivity contribution in [1.82, 2.24) is 14.8 Å². The summed E-state index contributed by atoms with van der Waals surface area (Å²) in [5.74, 6) is 0.130. The molecule has 0 N–H and O–H groups in total. The highest BCUT2D eigenvalue weighted by atomic mass is 16.1. The molecule has 0 unspecified atom stereocenters. The highest BCUT2D eigenvalue weighted by Crippen LogP contribution is 2.28. The fraction of sp³-hybridized carbons (Fsp3) is 0.471. The molecule has 4 nitrogen and oxygen atoms in total. The second kappa shape index (κ2) is 6.20. The molecular weight excluding hydrogens is 262 g/mol. The first-order chi connectivity index (χ1) is 10.3. The Bertz CT molecular complexity index is 626. The lowest BCUT2D eigenvalue weighted by Crippen LogP contribution is -2.10. The van der Waals surface area contributed by atoms with Crippen LogP contribution in [0.2, 0.25) is 0 Å². The number of pyridine rings is 1. The van der Waals surface area contributed by atoms with Gasteiger partial charge >= 0.3 is 0 Å². The van der Waals surface area contributed by atoms with Crippen molar-refractivity contribution < 1.29 is 4.79 Å². The van der Waals surface area contributed by atoms with Gasteiger partial charge in [0.05, 0.1) is 18.2 Å². The average Bonchev–Trinajstić information content (AvgIpc) is 3.17. The molecule has 1 aliphatic rings. The summed E-state index contributed by atoms with van der Waals surface area (Å²) < 4.78 is 2.04. The minimum Gasteiger partial charge on any atom is -0.294 e. The Labute approximate surface area is 125 Å². The Morgan fingerprint density at radius 1 is 1.33 bits per heavy atom. The maximum absolute atomic E-state index is 12.4. The van der Waals surface area contributed by atoms with E-state index in [9.17, 15) is 4.79 Å². The molecule has 0 aliphatic heterocycles. The van der Waals surface area contributed by atoms with Crippen LogP contribution in [0.5, 0.6) is 0 Å². The van der Waals surface area contributed by atoms with Crippen LogP contribution in [0.4, 0.5) is 0 Å². The van der Waals surface area contributed by atoms with Crippen LogP contribution in [0, 0.1) is 0 Å². The third-order valence-electron chi connectivity index (χ3n) is 4.29. The molecule has 1 aliphatic carbocycles. The summed E-state index contributed by atoms with van der Waals surface area (Å²) in [4.78, 5) is 16.5. The Hall–Kier alpha value is -1.97. The predicted octanol–water partition coefficient (Wildman–Crippen LogP) is 3.38. The van der Waals surface area contributed by atoms with Crippen LogP contribution >= 0.6 is 0 Å². The number of ketones is 1. The van der Waals surface area contributed by atoms with Crippen molar-refractivity contribution in [3.63, 3.8) is 0 Å². The van der Waals surface area contributed by atoms with Gasteiger partial charge < -0.3 is 0 Å². The fourth-order valence-corrected chi connectivity index (χ4v) is 3.08. The van der Waals surface area contributed by atoms with Gasteiger partial charge in [-0.2, -0.15) is 5.10 Å². The van der Waals surface area contributed by atoms with Crippen molar-refractivity contribution in [2.45, 2.75) is 51.5 Å². The third-order valence-corrected chi connectivity index (χ3v) is 4.29. The van der Waals surface area contributed by atoms with E-state index in [1.807, 2.05) is 29.9 Å². The van der Waals surface area contributed by atoms with Crippen molar-refractivity contribution >= 4 is 5.78 Å². The Morgan fingerprint density at radius 3 is 2.90 bits per heavy atom. The topological polar surface area (TPSA) is 47.8 Å². The predicted molar refractivity (Wildman–Crippen MR) is 81.4 cm³/mol. The third kappa shape index (κ3) is 3.04. The number of hydrogen-bond acceptors (Lipinski definition) is 3. The van der Waals surface area contributed by atoms with Gasteiger partial charge in [-0.15, -0.1) is 0 Å². The van der Waals surface area contributed by atoms with Gasteiger partial charge in [0.15, 0.2) is 5.78 Å². The van der Waals surface area contributed by atoms with E-state index in [4.69, 9.17) is 0 Å². The monoisotopic (exact) mass is 283 g/mol. The van der Waals surface area contributed by atoms with E-state index in [1.54, 1.807) is 12.4 Å². The van der Waals surface area contributed by atoms with Crippen LogP contribution in [-0.4, -0.2) is 20.5 Å². The van der Waals surface area contributed by atoms with Gasteiger partial charge in [-0.1, -0.05) is 19.8 Å². The maximum atomic E-state index is 12.4. The van der Waals surface area contributed by atoms with Gasteiger partial charge in [0.2, 0.25) is 0 Å². The molecule has 2 heterocycles. The van der Waals surface area contributed by atoms with Crippen molar-refractivity contribution in [2.24, 2.45) is 0 Å². The van der Waals surface area contributed by atoms with E-state index >= 15 is 0 Å². The summed E-state index contributed by atoms with van der Waals surface area (Å²) >= 11 is 0. The summed E-state index contributed by atoms with van der Waals surface area (Å²) in [5.41, 5.74) is 2.66. The SMILES string of the molecule is CCc1cnccc1C(=O)Cc1ccn(C2CCCC2)n1. The summed E-state index contributed by atoms with van der Waals surface area (Å²) in [5, 5.41) is 4.59. The molecule has 2 aromatic rings. The Morgan fingerprint density at radius 2 is 2.14 bits per heavy atom. The maximum Gasteiger partial charge on any atom is 0.169 e. The number of carbonyl (C=O) groups is 1. The molecule has 3 rings (SSSR count). The minimum absolute atomic E-state index is 0.130. The molecule has 1 saturated carbocycles. The lowest BCUT2D eigenvalue weighted by molar-refractivity contribution is 0.0990. The van der Waals surface area contributed by atoms with Gasteiger partial charge in [-0.25, -0.2) is 0 Å². The number of hydrogen-bond donors (Lipinski definition) is 0. The van der Waals surface area contributed by atoms with Crippen molar-refractivity contribution in [3.8, 4) is 0 Å². The number of nitrogens with zero attached hydrogens (tertiary/aromatic N) is 3. The van der Waals surface area contributed by atoms with Gasteiger partial charge in [0, 0.05) is 24.2 Å². The van der Waals surface area contributed by atoms with E-state index in [1.165, 1.54) is 25.7 Å². The Kier molecular flexibility index (Phi) is 4.13. The average molecular weight is 283 g/mol. The number of Topliss-reactive ketones (excluding diaryl/α,β-unsaturated/α-hetero) is 1. The highest BCUT2D eigenvalue weighted by Gasteiger charge is 2.18. The first-order valence-corrected chi connectivity index (χ1v) is 7.78. The lowest BCUT2D eigenvalue weighted by Gasteiger charge is -2.09. The largest absolute Gasteiger partial charge is 0.294 e. The summed E-state index contributed by atoms with van der Waals surface area (Å²) in [7, 11) is 0. The van der Waals surface area contributed by atoms with Crippen LogP contribution in [-0.2, 0) is 12.8 Å². The molecule has 0 amide bonds. The van der Waals surface area contributed by atoms with Crippen molar-refractivity contribution in [1.29, 1.82) is 0 Å². The van der Waals surface area contributed by atoms with Crippen molar-refractivity contribution in [2.75, 3.05) is 0 Å².